The number of unbranched alkanes of at least 4 members (excludes halogenated alkanes) is 10. The zero-order chi connectivity index (χ0) is 36.9. The Morgan fingerprint density at radius 2 is 0.940 bits per heavy atom. The van der Waals surface area contributed by atoms with E-state index in [1.807, 2.05) is 0 Å². The minimum Gasteiger partial charge on any atom is -0.465 e. The summed E-state index contributed by atoms with van der Waals surface area (Å²) in [7, 11) is 0. The highest BCUT2D eigenvalue weighted by Crippen LogP contribution is 2.11. The highest BCUT2D eigenvalue weighted by molar-refractivity contribution is 5.85. The minimum absolute atomic E-state index is 0.0699. The van der Waals surface area contributed by atoms with E-state index >= 15 is 0 Å². The molecule has 0 saturated heterocycles. The standard InChI is InChI=1S/C34H65N5O11/c1-2-3-4-5-6-7-8-9-10-11-12-15-30(40)35-18-22-48-27-28-49-23-19-36-31(41)16-21-47-25-26-50-24-20-37-32(42)29(39-34(45)46)14-13-17-38-33(43)44/h29,38-39H,2-28H2,1H3,(H,35,40)(H,36,41)(H,37,42)(H,43,44)(H,45,46). The predicted molar refractivity (Wildman–Crippen MR) is 188 cm³/mol. The normalized spacial score (nSPS) is 11.5. The van der Waals surface area contributed by atoms with Crippen molar-refractivity contribution in [3.05, 3.63) is 0 Å². The first-order valence-corrected chi connectivity index (χ1v) is 18.3. The van der Waals surface area contributed by atoms with Crippen LogP contribution in [-0.4, -0.2) is 125 Å². The molecule has 0 rings (SSSR count). The number of amides is 5. The molecule has 0 heterocycles. The van der Waals surface area contributed by atoms with E-state index in [0.717, 1.165) is 12.8 Å². The lowest BCUT2D eigenvalue weighted by Gasteiger charge is -2.16. The van der Waals surface area contributed by atoms with Crippen LogP contribution in [-0.2, 0) is 33.3 Å². The van der Waals surface area contributed by atoms with E-state index in [1.54, 1.807) is 0 Å². The van der Waals surface area contributed by atoms with Gasteiger partial charge in [-0.1, -0.05) is 71.1 Å². The molecule has 0 fully saturated rings. The highest BCUT2D eigenvalue weighted by atomic mass is 16.5. The quantitative estimate of drug-likeness (QED) is 0.0466. The first-order valence-electron chi connectivity index (χ1n) is 18.3. The van der Waals surface area contributed by atoms with Crippen LogP contribution in [0.15, 0.2) is 0 Å². The molecule has 0 aromatic rings. The van der Waals surface area contributed by atoms with Gasteiger partial charge in [-0.2, -0.15) is 0 Å². The second-order valence-electron chi connectivity index (χ2n) is 11.9. The first kappa shape index (κ1) is 46.8. The van der Waals surface area contributed by atoms with E-state index in [1.165, 1.54) is 57.8 Å². The predicted octanol–water partition coefficient (Wildman–Crippen LogP) is 3.18. The van der Waals surface area contributed by atoms with Crippen LogP contribution in [0.1, 0.15) is 103 Å². The first-order chi connectivity index (χ1) is 24.3. The fourth-order valence-corrected chi connectivity index (χ4v) is 4.75. The largest absolute Gasteiger partial charge is 0.465 e. The number of carbonyl (C=O) groups is 5. The summed E-state index contributed by atoms with van der Waals surface area (Å²) in [6.07, 6.45) is 12.5. The molecule has 0 aromatic carbocycles. The van der Waals surface area contributed by atoms with Gasteiger partial charge in [-0.3, -0.25) is 14.4 Å². The van der Waals surface area contributed by atoms with Crippen LogP contribution in [0.2, 0.25) is 0 Å². The molecule has 292 valence electrons. The van der Waals surface area contributed by atoms with Gasteiger partial charge >= 0.3 is 12.2 Å². The summed E-state index contributed by atoms with van der Waals surface area (Å²) >= 11 is 0. The number of hydrogen-bond acceptors (Lipinski definition) is 9. The maximum atomic E-state index is 12.2. The lowest BCUT2D eigenvalue weighted by molar-refractivity contribution is -0.123. The van der Waals surface area contributed by atoms with E-state index in [-0.39, 0.29) is 70.6 Å². The summed E-state index contributed by atoms with van der Waals surface area (Å²) in [5.74, 6) is -0.629. The number of hydrogen-bond donors (Lipinski definition) is 7. The molecule has 16 heteroatoms. The average molecular weight is 720 g/mol. The number of rotatable bonds is 36. The molecule has 50 heavy (non-hydrogen) atoms. The second-order valence-corrected chi connectivity index (χ2v) is 11.9. The summed E-state index contributed by atoms with van der Waals surface area (Å²) in [5, 5.41) is 29.9. The van der Waals surface area contributed by atoms with Gasteiger partial charge in [-0.15, -0.1) is 0 Å². The van der Waals surface area contributed by atoms with Crippen LogP contribution in [0.3, 0.4) is 0 Å². The lowest BCUT2D eigenvalue weighted by Crippen LogP contribution is -2.47. The Kier molecular flexibility index (Phi) is 33.3. The number of ether oxygens (including phenoxy) is 4. The van der Waals surface area contributed by atoms with E-state index < -0.39 is 24.1 Å². The third kappa shape index (κ3) is 34.6. The van der Waals surface area contributed by atoms with Crippen molar-refractivity contribution in [2.45, 2.75) is 109 Å². The minimum atomic E-state index is -1.35. The van der Waals surface area contributed by atoms with E-state index in [2.05, 4.69) is 33.5 Å². The van der Waals surface area contributed by atoms with Crippen LogP contribution in [0.25, 0.3) is 0 Å². The number of nitrogens with one attached hydrogen (secondary N) is 5. The molecule has 0 aliphatic rings. The lowest BCUT2D eigenvalue weighted by atomic mass is 10.1. The zero-order valence-corrected chi connectivity index (χ0v) is 30.2. The molecule has 1 atom stereocenters. The summed E-state index contributed by atoms with van der Waals surface area (Å²) in [6.45, 7) is 5.81. The van der Waals surface area contributed by atoms with Gasteiger partial charge in [0.1, 0.15) is 6.04 Å². The maximum absolute atomic E-state index is 12.2. The molecule has 0 aliphatic carbocycles. The molecular formula is C34H65N5O11. The van der Waals surface area contributed by atoms with Gasteiger partial charge in [0.2, 0.25) is 17.7 Å². The topological polar surface area (TPSA) is 223 Å². The monoisotopic (exact) mass is 719 g/mol. The van der Waals surface area contributed by atoms with Crippen molar-refractivity contribution < 1.29 is 53.1 Å². The van der Waals surface area contributed by atoms with E-state index in [4.69, 9.17) is 29.2 Å². The summed E-state index contributed by atoms with van der Waals surface area (Å²) < 4.78 is 21.7. The molecule has 0 aromatic heterocycles. The molecule has 0 bridgehead atoms. The Labute approximate surface area is 297 Å². The van der Waals surface area contributed by atoms with Crippen molar-refractivity contribution in [2.75, 3.05) is 79.0 Å². The molecule has 7 N–H and O–H groups in total. The van der Waals surface area contributed by atoms with Crippen LogP contribution in [0.4, 0.5) is 9.59 Å². The third-order valence-corrected chi connectivity index (χ3v) is 7.47. The van der Waals surface area contributed by atoms with Gasteiger partial charge in [-0.05, 0) is 19.3 Å². The Morgan fingerprint density at radius 1 is 0.480 bits per heavy atom. The molecule has 1 unspecified atom stereocenters. The summed E-state index contributed by atoms with van der Waals surface area (Å²) in [5.41, 5.74) is 0. The number of carboxylic acid groups (broad SMARTS) is 2. The molecule has 0 spiro atoms. The van der Waals surface area contributed by atoms with Gasteiger partial charge < -0.3 is 55.7 Å². The van der Waals surface area contributed by atoms with Crippen LogP contribution >= 0.6 is 0 Å². The Morgan fingerprint density at radius 3 is 1.44 bits per heavy atom. The van der Waals surface area contributed by atoms with Crippen LogP contribution in [0, 0.1) is 0 Å². The van der Waals surface area contributed by atoms with Crippen molar-refractivity contribution in [1.82, 2.24) is 26.6 Å². The van der Waals surface area contributed by atoms with Crippen molar-refractivity contribution in [1.29, 1.82) is 0 Å². The van der Waals surface area contributed by atoms with Gasteiger partial charge in [0, 0.05) is 39.0 Å². The van der Waals surface area contributed by atoms with E-state index in [9.17, 15) is 24.0 Å². The van der Waals surface area contributed by atoms with Crippen molar-refractivity contribution >= 4 is 29.9 Å². The number of carbonyl (C=O) groups excluding carboxylic acids is 3. The summed E-state index contributed by atoms with van der Waals surface area (Å²) in [6, 6.07) is -1.01. The smallest absolute Gasteiger partial charge is 0.405 e. The maximum Gasteiger partial charge on any atom is 0.405 e. The Bertz CT molecular complexity index is 883. The van der Waals surface area contributed by atoms with Crippen molar-refractivity contribution in [3.63, 3.8) is 0 Å². The van der Waals surface area contributed by atoms with Crippen molar-refractivity contribution in [3.8, 4) is 0 Å². The van der Waals surface area contributed by atoms with Gasteiger partial charge in [-0.25, -0.2) is 9.59 Å². The third-order valence-electron chi connectivity index (χ3n) is 7.47. The van der Waals surface area contributed by atoms with Crippen LogP contribution in [0.5, 0.6) is 0 Å². The highest BCUT2D eigenvalue weighted by Gasteiger charge is 2.19. The molecular weight excluding hydrogens is 654 g/mol. The zero-order valence-electron chi connectivity index (χ0n) is 30.2. The SMILES string of the molecule is CCCCCCCCCCCCCC(=O)NCCOCCOCCNC(=O)CCOCCOCCNC(=O)C(CCCNC(=O)O)NC(=O)O. The molecule has 16 nitrogen and oxygen atoms in total. The fraction of sp³-hybridized carbons (Fsp3) is 0.853. The molecule has 0 aliphatic heterocycles. The van der Waals surface area contributed by atoms with E-state index in [0.29, 0.717) is 45.9 Å². The van der Waals surface area contributed by atoms with Gasteiger partial charge in [0.05, 0.1) is 52.9 Å². The average Bonchev–Trinajstić information content (AvgIpc) is 3.08. The van der Waals surface area contributed by atoms with Crippen LogP contribution < -0.4 is 26.6 Å². The fourth-order valence-electron chi connectivity index (χ4n) is 4.75. The second kappa shape index (κ2) is 35.6. The summed E-state index contributed by atoms with van der Waals surface area (Å²) in [4.78, 5) is 57.4. The molecule has 0 saturated carbocycles. The molecule has 5 amide bonds. The molecule has 0 radical (unpaired) electrons. The van der Waals surface area contributed by atoms with Gasteiger partial charge in [0.15, 0.2) is 0 Å². The van der Waals surface area contributed by atoms with Crippen molar-refractivity contribution in [2.24, 2.45) is 0 Å². The Balaban J connectivity index is 3.50. The van der Waals surface area contributed by atoms with Gasteiger partial charge in [0.25, 0.3) is 0 Å². The Hall–Kier alpha value is -3.21.